The molecule has 2 aliphatic heterocycles. The summed E-state index contributed by atoms with van der Waals surface area (Å²) in [4.78, 5) is 22.1. The number of aryl methyl sites for hydroxylation is 3. The van der Waals surface area contributed by atoms with Crippen molar-refractivity contribution < 1.29 is 4.79 Å². The van der Waals surface area contributed by atoms with E-state index in [4.69, 9.17) is 16.6 Å². The first-order chi connectivity index (χ1) is 15.4. The lowest BCUT2D eigenvalue weighted by Crippen LogP contribution is -2.33. The van der Waals surface area contributed by atoms with Crippen LogP contribution in [0.15, 0.2) is 24.3 Å². The molecule has 3 heterocycles. The summed E-state index contributed by atoms with van der Waals surface area (Å²) in [7, 11) is 0. The van der Waals surface area contributed by atoms with Crippen LogP contribution in [0.2, 0.25) is 0 Å². The summed E-state index contributed by atoms with van der Waals surface area (Å²) in [6, 6.07) is 8.58. The van der Waals surface area contributed by atoms with Crippen molar-refractivity contribution in [3.8, 4) is 0 Å². The summed E-state index contributed by atoms with van der Waals surface area (Å²) in [5.74, 6) is 0.959. The highest BCUT2D eigenvalue weighted by Crippen LogP contribution is 2.36. The van der Waals surface area contributed by atoms with Gasteiger partial charge in [0, 0.05) is 18.7 Å². The fourth-order valence-corrected chi connectivity index (χ4v) is 5.25. The highest BCUT2D eigenvalue weighted by atomic mass is 35.5. The van der Waals surface area contributed by atoms with Crippen LogP contribution in [0.25, 0.3) is 0 Å². The number of hydrogen-bond donors (Lipinski definition) is 1. The molecule has 0 saturated carbocycles. The van der Waals surface area contributed by atoms with Crippen LogP contribution in [-0.4, -0.2) is 47.3 Å². The number of nitrogens with one attached hydrogen (secondary N) is 1. The van der Waals surface area contributed by atoms with Crippen molar-refractivity contribution >= 4 is 34.7 Å². The van der Waals surface area contributed by atoms with Gasteiger partial charge in [-0.3, -0.25) is 4.79 Å². The molecular formula is C26H35ClN4O. The van der Waals surface area contributed by atoms with Gasteiger partial charge in [-0.05, 0) is 89.3 Å². The van der Waals surface area contributed by atoms with E-state index in [1.807, 2.05) is 13.8 Å². The molecular weight excluding hydrogens is 420 g/mol. The maximum atomic E-state index is 12.6. The van der Waals surface area contributed by atoms with Gasteiger partial charge < -0.3 is 15.1 Å². The Kier molecular flexibility index (Phi) is 7.37. The molecule has 6 heteroatoms. The third kappa shape index (κ3) is 5.44. The average molecular weight is 455 g/mol. The minimum absolute atomic E-state index is 0.0472. The lowest BCUT2D eigenvalue weighted by Gasteiger charge is -2.34. The van der Waals surface area contributed by atoms with Crippen molar-refractivity contribution in [3.05, 3.63) is 46.6 Å². The summed E-state index contributed by atoms with van der Waals surface area (Å²) < 4.78 is 0. The van der Waals surface area contributed by atoms with Crippen LogP contribution in [0.1, 0.15) is 54.5 Å². The maximum Gasteiger partial charge on any atom is 0.224 e. The Labute approximate surface area is 197 Å². The minimum Gasteiger partial charge on any atom is -0.325 e. The number of alkyl halides is 1. The Hall–Kier alpha value is -2.11. The molecule has 1 aromatic carbocycles. The predicted molar refractivity (Wildman–Crippen MR) is 133 cm³/mol. The van der Waals surface area contributed by atoms with Gasteiger partial charge in [-0.25, -0.2) is 4.98 Å². The number of nitrogens with zero attached hydrogens (tertiary/aromatic N) is 3. The second kappa shape index (κ2) is 10.2. The topological polar surface area (TPSA) is 48.5 Å². The van der Waals surface area contributed by atoms with Crippen molar-refractivity contribution in [1.29, 1.82) is 0 Å². The molecule has 2 aliphatic rings. The fraction of sp³-hybridized carbons (Fsp3) is 0.538. The third-order valence-electron chi connectivity index (χ3n) is 6.60. The highest BCUT2D eigenvalue weighted by molar-refractivity contribution is 6.21. The van der Waals surface area contributed by atoms with E-state index in [1.165, 1.54) is 49.2 Å². The normalized spacial score (nSPS) is 19.0. The van der Waals surface area contributed by atoms with Crippen LogP contribution in [0.3, 0.4) is 0 Å². The molecule has 2 aromatic rings. The number of pyridine rings is 1. The SMILES string of the molecule is Cc1ccc2c(c1)CC(Cl)CN2c1cc(C)c(NC(=O)CCCN2CCCCC2)c(C)n1. The van der Waals surface area contributed by atoms with Gasteiger partial charge in [-0.1, -0.05) is 24.1 Å². The molecule has 0 radical (unpaired) electrons. The number of piperidine rings is 1. The average Bonchev–Trinajstić information content (AvgIpc) is 2.76. The van der Waals surface area contributed by atoms with Gasteiger partial charge in [0.2, 0.25) is 5.91 Å². The van der Waals surface area contributed by atoms with Gasteiger partial charge in [-0.15, -0.1) is 11.6 Å². The number of hydrogen-bond acceptors (Lipinski definition) is 4. The number of carbonyl (C=O) groups excluding carboxylic acids is 1. The molecule has 172 valence electrons. The van der Waals surface area contributed by atoms with Gasteiger partial charge in [0.25, 0.3) is 0 Å². The summed E-state index contributed by atoms with van der Waals surface area (Å²) in [5.41, 5.74) is 6.39. The van der Waals surface area contributed by atoms with Crippen molar-refractivity contribution in [2.24, 2.45) is 0 Å². The Balaban J connectivity index is 1.44. The zero-order valence-corrected chi connectivity index (χ0v) is 20.3. The zero-order valence-electron chi connectivity index (χ0n) is 19.6. The summed E-state index contributed by atoms with van der Waals surface area (Å²) in [6.07, 6.45) is 6.23. The lowest BCUT2D eigenvalue weighted by molar-refractivity contribution is -0.116. The molecule has 1 unspecified atom stereocenters. The maximum absolute atomic E-state index is 12.6. The van der Waals surface area contributed by atoms with Gasteiger partial charge in [0.1, 0.15) is 5.82 Å². The molecule has 32 heavy (non-hydrogen) atoms. The van der Waals surface area contributed by atoms with Crippen LogP contribution in [0, 0.1) is 20.8 Å². The van der Waals surface area contributed by atoms with Gasteiger partial charge >= 0.3 is 0 Å². The van der Waals surface area contributed by atoms with Crippen LogP contribution >= 0.6 is 11.6 Å². The molecule has 1 atom stereocenters. The molecule has 4 rings (SSSR count). The zero-order chi connectivity index (χ0) is 22.7. The van der Waals surface area contributed by atoms with E-state index in [2.05, 4.69) is 46.3 Å². The van der Waals surface area contributed by atoms with E-state index < -0.39 is 0 Å². The Bertz CT molecular complexity index is 947. The second-order valence-electron chi connectivity index (χ2n) is 9.36. The number of fused-ring (bicyclic) bond motifs is 1. The predicted octanol–water partition coefficient (Wildman–Crippen LogP) is 5.51. The first-order valence-electron chi connectivity index (χ1n) is 11.9. The summed E-state index contributed by atoms with van der Waals surface area (Å²) in [6.45, 7) is 10.2. The molecule has 1 aromatic heterocycles. The Morgan fingerprint density at radius 2 is 1.94 bits per heavy atom. The van der Waals surface area contributed by atoms with Crippen molar-refractivity contribution in [2.75, 3.05) is 36.4 Å². The summed E-state index contributed by atoms with van der Waals surface area (Å²) >= 11 is 6.60. The lowest BCUT2D eigenvalue weighted by atomic mass is 9.99. The monoisotopic (exact) mass is 454 g/mol. The minimum atomic E-state index is 0.0472. The van der Waals surface area contributed by atoms with E-state index in [1.54, 1.807) is 0 Å². The van der Waals surface area contributed by atoms with E-state index in [0.29, 0.717) is 6.42 Å². The van der Waals surface area contributed by atoms with Crippen molar-refractivity contribution in [1.82, 2.24) is 9.88 Å². The smallest absolute Gasteiger partial charge is 0.224 e. The number of anilines is 3. The van der Waals surface area contributed by atoms with Crippen LogP contribution < -0.4 is 10.2 Å². The van der Waals surface area contributed by atoms with Gasteiger partial charge in [-0.2, -0.15) is 0 Å². The number of benzene rings is 1. The highest BCUT2D eigenvalue weighted by Gasteiger charge is 2.26. The quantitative estimate of drug-likeness (QED) is 0.584. The van der Waals surface area contributed by atoms with Crippen LogP contribution in [-0.2, 0) is 11.2 Å². The molecule has 0 spiro atoms. The number of aromatic nitrogens is 1. The molecule has 1 saturated heterocycles. The van der Waals surface area contributed by atoms with E-state index in [0.717, 1.165) is 48.7 Å². The van der Waals surface area contributed by atoms with Gasteiger partial charge in [0.05, 0.1) is 16.8 Å². The standard InChI is InChI=1S/C26H35ClN4O/c1-18-9-10-23-21(14-18)16-22(27)17-31(23)24-15-19(2)26(20(3)28-24)29-25(32)8-7-13-30-11-5-4-6-12-30/h9-10,14-15,22H,4-8,11-13,16-17H2,1-3H3,(H,29,32). The molecule has 1 fully saturated rings. The molecule has 1 N–H and O–H groups in total. The molecule has 5 nitrogen and oxygen atoms in total. The third-order valence-corrected chi connectivity index (χ3v) is 6.89. The van der Waals surface area contributed by atoms with E-state index in [-0.39, 0.29) is 11.3 Å². The van der Waals surface area contributed by atoms with Crippen LogP contribution in [0.4, 0.5) is 17.2 Å². The number of rotatable bonds is 6. The fourth-order valence-electron chi connectivity index (χ4n) is 4.94. The first kappa shape index (κ1) is 23.1. The van der Waals surface area contributed by atoms with E-state index in [9.17, 15) is 4.79 Å². The number of carbonyl (C=O) groups is 1. The number of amides is 1. The molecule has 0 bridgehead atoms. The van der Waals surface area contributed by atoms with Gasteiger partial charge in [0.15, 0.2) is 0 Å². The number of halogens is 1. The number of likely N-dealkylation sites (tertiary alicyclic amines) is 1. The van der Waals surface area contributed by atoms with Crippen molar-refractivity contribution in [2.45, 2.75) is 64.7 Å². The molecule has 1 amide bonds. The largest absolute Gasteiger partial charge is 0.325 e. The first-order valence-corrected chi connectivity index (χ1v) is 12.4. The molecule has 0 aliphatic carbocycles. The summed E-state index contributed by atoms with van der Waals surface area (Å²) in [5, 5.41) is 3.16. The Morgan fingerprint density at radius 1 is 1.16 bits per heavy atom. The van der Waals surface area contributed by atoms with Crippen LogP contribution in [0.5, 0.6) is 0 Å². The van der Waals surface area contributed by atoms with Crippen molar-refractivity contribution in [3.63, 3.8) is 0 Å². The second-order valence-corrected chi connectivity index (χ2v) is 9.97. The Morgan fingerprint density at radius 3 is 2.69 bits per heavy atom. The van der Waals surface area contributed by atoms with E-state index >= 15 is 0 Å².